The van der Waals surface area contributed by atoms with Crippen LogP contribution < -0.4 is 10.6 Å². The quantitative estimate of drug-likeness (QED) is 0.628. The topological polar surface area (TPSA) is 97.1 Å². The van der Waals surface area contributed by atoms with Crippen LogP contribution in [0.15, 0.2) is 59.1 Å². The van der Waals surface area contributed by atoms with Crippen LogP contribution in [0.3, 0.4) is 0 Å². The van der Waals surface area contributed by atoms with Crippen LogP contribution in [0.25, 0.3) is 11.4 Å². The van der Waals surface area contributed by atoms with Crippen molar-refractivity contribution in [3.63, 3.8) is 0 Å². The number of anilines is 1. The van der Waals surface area contributed by atoms with Gasteiger partial charge in [-0.1, -0.05) is 60.6 Å². The number of para-hydroxylation sites is 1. The van der Waals surface area contributed by atoms with Gasteiger partial charge in [0.05, 0.1) is 6.54 Å². The van der Waals surface area contributed by atoms with Crippen LogP contribution in [0.4, 0.5) is 5.69 Å². The Morgan fingerprint density at radius 1 is 1.00 bits per heavy atom. The first-order chi connectivity index (χ1) is 13.7. The minimum absolute atomic E-state index is 0.0873. The Balaban J connectivity index is 1.43. The standard InChI is InChI=1S/C21H22N4O3/c1-2-15-8-6-7-11-17(15)23-19(27)14-22-18(26)12-13-20-24-21(25-28-20)16-9-4-3-5-10-16/h3-11H,2,12-14H2,1H3,(H,22,26)(H,23,27). The first-order valence-electron chi connectivity index (χ1n) is 9.18. The molecule has 144 valence electrons. The second-order valence-electron chi connectivity index (χ2n) is 6.21. The van der Waals surface area contributed by atoms with Crippen molar-refractivity contribution in [2.75, 3.05) is 11.9 Å². The summed E-state index contributed by atoms with van der Waals surface area (Å²) in [6.45, 7) is 1.93. The normalized spacial score (nSPS) is 10.5. The first kappa shape index (κ1) is 19.3. The molecule has 7 heteroatoms. The minimum atomic E-state index is -0.265. The lowest BCUT2D eigenvalue weighted by Gasteiger charge is -2.10. The average Bonchev–Trinajstić information content (AvgIpc) is 3.21. The van der Waals surface area contributed by atoms with Gasteiger partial charge in [-0.3, -0.25) is 9.59 Å². The number of nitrogens with zero attached hydrogens (tertiary/aromatic N) is 2. The summed E-state index contributed by atoms with van der Waals surface area (Å²) in [4.78, 5) is 28.3. The Morgan fingerprint density at radius 2 is 1.75 bits per heavy atom. The van der Waals surface area contributed by atoms with Crippen molar-refractivity contribution < 1.29 is 14.1 Å². The van der Waals surface area contributed by atoms with Crippen molar-refractivity contribution in [1.29, 1.82) is 0 Å². The molecule has 3 rings (SSSR count). The molecule has 2 N–H and O–H groups in total. The molecule has 0 saturated carbocycles. The molecule has 1 heterocycles. The third kappa shape index (κ3) is 5.26. The van der Waals surface area contributed by atoms with E-state index < -0.39 is 0 Å². The second kappa shape index (κ2) is 9.45. The predicted octanol–water partition coefficient (Wildman–Crippen LogP) is 2.99. The van der Waals surface area contributed by atoms with Gasteiger partial charge in [0.25, 0.3) is 0 Å². The number of carbonyl (C=O) groups excluding carboxylic acids is 2. The van der Waals surface area contributed by atoms with Gasteiger partial charge < -0.3 is 15.2 Å². The molecule has 0 radical (unpaired) electrons. The highest BCUT2D eigenvalue weighted by molar-refractivity contribution is 5.95. The van der Waals surface area contributed by atoms with Crippen molar-refractivity contribution in [1.82, 2.24) is 15.5 Å². The van der Waals surface area contributed by atoms with Crippen molar-refractivity contribution in [2.24, 2.45) is 0 Å². The zero-order valence-electron chi connectivity index (χ0n) is 15.6. The van der Waals surface area contributed by atoms with Crippen LogP contribution in [0.2, 0.25) is 0 Å². The lowest BCUT2D eigenvalue weighted by molar-refractivity contribution is -0.124. The fourth-order valence-corrected chi connectivity index (χ4v) is 2.69. The van der Waals surface area contributed by atoms with Gasteiger partial charge in [0.15, 0.2) is 0 Å². The van der Waals surface area contributed by atoms with E-state index in [1.165, 1.54) is 0 Å². The monoisotopic (exact) mass is 378 g/mol. The summed E-state index contributed by atoms with van der Waals surface area (Å²) in [6.07, 6.45) is 1.29. The third-order valence-electron chi connectivity index (χ3n) is 4.18. The molecule has 7 nitrogen and oxygen atoms in total. The van der Waals surface area contributed by atoms with Gasteiger partial charge in [-0.05, 0) is 18.1 Å². The van der Waals surface area contributed by atoms with Gasteiger partial charge in [-0.15, -0.1) is 0 Å². The summed E-state index contributed by atoms with van der Waals surface area (Å²) in [5, 5.41) is 9.35. The van der Waals surface area contributed by atoms with Crippen LogP contribution in [0.5, 0.6) is 0 Å². The van der Waals surface area contributed by atoms with E-state index in [-0.39, 0.29) is 24.8 Å². The Kier molecular flexibility index (Phi) is 6.51. The lowest BCUT2D eigenvalue weighted by Crippen LogP contribution is -2.33. The molecular formula is C21H22N4O3. The summed E-state index contributed by atoms with van der Waals surface area (Å²) in [6, 6.07) is 17.1. The highest BCUT2D eigenvalue weighted by atomic mass is 16.5. The molecule has 0 fully saturated rings. The zero-order chi connectivity index (χ0) is 19.8. The van der Waals surface area contributed by atoms with Crippen LogP contribution in [0, 0.1) is 0 Å². The number of hydrogen-bond donors (Lipinski definition) is 2. The van der Waals surface area contributed by atoms with E-state index in [9.17, 15) is 9.59 Å². The Hall–Kier alpha value is -3.48. The number of rotatable bonds is 8. The Labute approximate surface area is 163 Å². The molecule has 0 aliphatic rings. The van der Waals surface area contributed by atoms with E-state index in [1.54, 1.807) is 0 Å². The number of benzene rings is 2. The van der Waals surface area contributed by atoms with Crippen LogP contribution >= 0.6 is 0 Å². The number of carbonyl (C=O) groups is 2. The molecule has 2 amide bonds. The maximum Gasteiger partial charge on any atom is 0.243 e. The van der Waals surface area contributed by atoms with Crippen molar-refractivity contribution in [2.45, 2.75) is 26.2 Å². The second-order valence-corrected chi connectivity index (χ2v) is 6.21. The summed E-state index contributed by atoms with van der Waals surface area (Å²) >= 11 is 0. The van der Waals surface area contributed by atoms with Gasteiger partial charge in [0, 0.05) is 24.1 Å². The van der Waals surface area contributed by atoms with Gasteiger partial charge in [-0.25, -0.2) is 0 Å². The van der Waals surface area contributed by atoms with Gasteiger partial charge >= 0.3 is 0 Å². The molecular weight excluding hydrogens is 356 g/mol. The summed E-state index contributed by atoms with van der Waals surface area (Å²) in [5.74, 6) is 0.358. The van der Waals surface area contributed by atoms with E-state index in [2.05, 4.69) is 20.8 Å². The first-order valence-corrected chi connectivity index (χ1v) is 9.18. The average molecular weight is 378 g/mol. The van der Waals surface area contributed by atoms with Crippen molar-refractivity contribution >= 4 is 17.5 Å². The minimum Gasteiger partial charge on any atom is -0.347 e. The fourth-order valence-electron chi connectivity index (χ4n) is 2.69. The molecule has 0 spiro atoms. The zero-order valence-corrected chi connectivity index (χ0v) is 15.6. The molecule has 0 unspecified atom stereocenters. The van der Waals surface area contributed by atoms with Crippen molar-refractivity contribution in [3.8, 4) is 11.4 Å². The molecule has 0 atom stereocenters. The Morgan fingerprint density at radius 3 is 2.54 bits per heavy atom. The van der Waals surface area contributed by atoms with Crippen molar-refractivity contribution in [3.05, 3.63) is 66.1 Å². The number of amides is 2. The summed E-state index contributed by atoms with van der Waals surface area (Å²) in [7, 11) is 0. The lowest BCUT2D eigenvalue weighted by atomic mass is 10.1. The summed E-state index contributed by atoms with van der Waals surface area (Å²) < 4.78 is 5.18. The SMILES string of the molecule is CCc1ccccc1NC(=O)CNC(=O)CCc1nc(-c2ccccc2)no1. The largest absolute Gasteiger partial charge is 0.347 e. The van der Waals surface area contributed by atoms with Crippen LogP contribution in [-0.2, 0) is 22.4 Å². The summed E-state index contributed by atoms with van der Waals surface area (Å²) in [5.41, 5.74) is 2.67. The third-order valence-corrected chi connectivity index (χ3v) is 4.18. The molecule has 0 aliphatic heterocycles. The van der Waals surface area contributed by atoms with E-state index in [4.69, 9.17) is 4.52 Å². The van der Waals surface area contributed by atoms with Gasteiger partial charge in [0.1, 0.15) is 0 Å². The number of aromatic nitrogens is 2. The van der Waals surface area contributed by atoms with E-state index in [1.807, 2.05) is 61.5 Å². The van der Waals surface area contributed by atoms with Gasteiger partial charge in [0.2, 0.25) is 23.5 Å². The molecule has 28 heavy (non-hydrogen) atoms. The molecule has 1 aromatic heterocycles. The molecule has 0 saturated heterocycles. The number of nitrogens with one attached hydrogen (secondary N) is 2. The molecule has 2 aromatic carbocycles. The number of aryl methyl sites for hydroxylation is 2. The molecule has 0 aliphatic carbocycles. The van der Waals surface area contributed by atoms with Crippen LogP contribution in [-0.4, -0.2) is 28.5 Å². The van der Waals surface area contributed by atoms with Crippen LogP contribution in [0.1, 0.15) is 24.8 Å². The van der Waals surface area contributed by atoms with E-state index in [0.29, 0.717) is 18.1 Å². The van der Waals surface area contributed by atoms with Gasteiger partial charge in [-0.2, -0.15) is 4.98 Å². The highest BCUT2D eigenvalue weighted by Crippen LogP contribution is 2.16. The molecule has 0 bridgehead atoms. The smallest absolute Gasteiger partial charge is 0.243 e. The van der Waals surface area contributed by atoms with E-state index >= 15 is 0 Å². The highest BCUT2D eigenvalue weighted by Gasteiger charge is 2.12. The van der Waals surface area contributed by atoms with E-state index in [0.717, 1.165) is 23.2 Å². The predicted molar refractivity (Wildman–Crippen MR) is 106 cm³/mol. The maximum atomic E-state index is 12.1. The number of hydrogen-bond acceptors (Lipinski definition) is 5. The Bertz CT molecular complexity index is 938. The molecule has 3 aromatic rings. The maximum absolute atomic E-state index is 12.1. The fraction of sp³-hybridized carbons (Fsp3) is 0.238.